The molecule has 1 aliphatic carbocycles. The molecule has 1 aliphatic rings. The zero-order valence-electron chi connectivity index (χ0n) is 9.86. The number of nitrogens with one attached hydrogen (secondary N) is 2. The van der Waals surface area contributed by atoms with Crippen LogP contribution in [0.15, 0.2) is 6.20 Å². The van der Waals surface area contributed by atoms with Gasteiger partial charge in [0, 0.05) is 30.8 Å². The molecule has 0 saturated heterocycles. The Morgan fingerprint density at radius 3 is 3.06 bits per heavy atom. The van der Waals surface area contributed by atoms with Crippen molar-refractivity contribution in [1.29, 1.82) is 0 Å². The molecule has 92 valence electrons. The summed E-state index contributed by atoms with van der Waals surface area (Å²) in [6.07, 6.45) is 4.33. The highest BCUT2D eigenvalue weighted by Crippen LogP contribution is 2.18. The summed E-state index contributed by atoms with van der Waals surface area (Å²) in [5, 5.41) is 6.02. The molecule has 0 unspecified atom stereocenters. The molecule has 1 fully saturated rings. The van der Waals surface area contributed by atoms with E-state index >= 15 is 0 Å². The van der Waals surface area contributed by atoms with Gasteiger partial charge in [-0.2, -0.15) is 4.98 Å². The van der Waals surface area contributed by atoms with E-state index in [1.165, 1.54) is 0 Å². The van der Waals surface area contributed by atoms with E-state index in [1.54, 1.807) is 6.20 Å². The summed E-state index contributed by atoms with van der Waals surface area (Å²) < 4.78 is 0. The van der Waals surface area contributed by atoms with Gasteiger partial charge in [0.05, 0.1) is 0 Å². The lowest BCUT2D eigenvalue weighted by molar-refractivity contribution is -0.120. The molecule has 0 aliphatic heterocycles. The molecule has 4 N–H and O–H groups in total. The van der Waals surface area contributed by atoms with Crippen molar-refractivity contribution in [2.45, 2.75) is 32.2 Å². The summed E-state index contributed by atoms with van der Waals surface area (Å²) in [6.45, 7) is 2.45. The van der Waals surface area contributed by atoms with Crippen molar-refractivity contribution < 1.29 is 4.79 Å². The number of anilines is 2. The summed E-state index contributed by atoms with van der Waals surface area (Å²) in [6, 6.07) is 0.416. The Hall–Kier alpha value is -1.85. The largest absolute Gasteiger partial charge is 0.369 e. The number of carbonyl (C=O) groups excluding carboxylic acids is 1. The maximum atomic E-state index is 11.4. The fourth-order valence-corrected chi connectivity index (χ4v) is 1.46. The van der Waals surface area contributed by atoms with Gasteiger partial charge in [0.1, 0.15) is 5.82 Å². The summed E-state index contributed by atoms with van der Waals surface area (Å²) in [5.74, 6) is 1.01. The van der Waals surface area contributed by atoms with Crippen LogP contribution in [-0.2, 0) is 4.79 Å². The lowest BCUT2D eigenvalue weighted by atomic mass is 10.3. The van der Waals surface area contributed by atoms with Crippen LogP contribution >= 0.6 is 0 Å². The van der Waals surface area contributed by atoms with E-state index < -0.39 is 0 Å². The van der Waals surface area contributed by atoms with E-state index in [1.807, 2.05) is 6.92 Å². The number of nitrogens with two attached hydrogens (primary N) is 1. The van der Waals surface area contributed by atoms with Gasteiger partial charge < -0.3 is 16.4 Å². The van der Waals surface area contributed by atoms with Crippen molar-refractivity contribution in [2.75, 3.05) is 17.6 Å². The van der Waals surface area contributed by atoms with Crippen LogP contribution in [0.1, 0.15) is 24.8 Å². The molecular weight excluding hydrogens is 218 g/mol. The van der Waals surface area contributed by atoms with Gasteiger partial charge in [-0.25, -0.2) is 4.98 Å². The summed E-state index contributed by atoms with van der Waals surface area (Å²) in [7, 11) is 0. The van der Waals surface area contributed by atoms with Crippen molar-refractivity contribution >= 4 is 17.7 Å². The molecular formula is C11H17N5O. The predicted molar refractivity (Wildman–Crippen MR) is 65.5 cm³/mol. The quantitative estimate of drug-likeness (QED) is 0.689. The van der Waals surface area contributed by atoms with Crippen molar-refractivity contribution in [3.05, 3.63) is 11.8 Å². The van der Waals surface area contributed by atoms with Gasteiger partial charge in [0.2, 0.25) is 11.9 Å². The average molecular weight is 235 g/mol. The molecule has 0 radical (unpaired) electrons. The predicted octanol–water partition coefficient (Wildman–Crippen LogP) is 0.448. The van der Waals surface area contributed by atoms with Crippen LogP contribution in [0.2, 0.25) is 0 Å². The third-order valence-corrected chi connectivity index (χ3v) is 2.58. The molecule has 0 spiro atoms. The minimum absolute atomic E-state index is 0.0830. The second-order valence-electron chi connectivity index (χ2n) is 4.28. The van der Waals surface area contributed by atoms with E-state index in [0.29, 0.717) is 24.8 Å². The number of carbonyl (C=O) groups is 1. The molecule has 0 bridgehead atoms. The smallest absolute Gasteiger partial charge is 0.221 e. The Morgan fingerprint density at radius 1 is 1.59 bits per heavy atom. The summed E-state index contributed by atoms with van der Waals surface area (Å²) in [4.78, 5) is 19.4. The summed E-state index contributed by atoms with van der Waals surface area (Å²) >= 11 is 0. The Balaban J connectivity index is 1.76. The molecule has 1 aromatic rings. The third kappa shape index (κ3) is 3.58. The molecule has 1 aromatic heterocycles. The van der Waals surface area contributed by atoms with E-state index in [2.05, 4.69) is 20.6 Å². The number of hydrogen-bond donors (Lipinski definition) is 3. The van der Waals surface area contributed by atoms with Crippen molar-refractivity contribution in [1.82, 2.24) is 15.3 Å². The molecule has 6 heteroatoms. The first kappa shape index (κ1) is 11.6. The molecule has 1 saturated carbocycles. The van der Waals surface area contributed by atoms with E-state index in [9.17, 15) is 4.79 Å². The molecule has 0 aromatic carbocycles. The van der Waals surface area contributed by atoms with E-state index in [4.69, 9.17) is 5.73 Å². The third-order valence-electron chi connectivity index (χ3n) is 2.58. The van der Waals surface area contributed by atoms with Crippen LogP contribution in [-0.4, -0.2) is 28.5 Å². The number of rotatable bonds is 5. The summed E-state index contributed by atoms with van der Waals surface area (Å²) in [5.41, 5.74) is 6.41. The number of hydrogen-bond acceptors (Lipinski definition) is 5. The van der Waals surface area contributed by atoms with Crippen LogP contribution in [0.4, 0.5) is 11.8 Å². The number of nitrogen functional groups attached to an aromatic ring is 1. The Bertz CT molecular complexity index is 416. The minimum Gasteiger partial charge on any atom is -0.369 e. The first-order chi connectivity index (χ1) is 8.15. The van der Waals surface area contributed by atoms with Crippen molar-refractivity contribution in [3.8, 4) is 0 Å². The Kier molecular flexibility index (Phi) is 3.41. The normalized spacial score (nSPS) is 14.4. The van der Waals surface area contributed by atoms with Crippen LogP contribution in [0.5, 0.6) is 0 Å². The monoisotopic (exact) mass is 235 g/mol. The lowest BCUT2D eigenvalue weighted by Crippen LogP contribution is -2.27. The molecule has 6 nitrogen and oxygen atoms in total. The van der Waals surface area contributed by atoms with Crippen molar-refractivity contribution in [3.63, 3.8) is 0 Å². The first-order valence-corrected chi connectivity index (χ1v) is 5.77. The molecule has 1 heterocycles. The number of aryl methyl sites for hydroxylation is 1. The fourth-order valence-electron chi connectivity index (χ4n) is 1.46. The van der Waals surface area contributed by atoms with Crippen LogP contribution in [0.3, 0.4) is 0 Å². The maximum absolute atomic E-state index is 11.4. The van der Waals surface area contributed by atoms with Crippen molar-refractivity contribution in [2.24, 2.45) is 0 Å². The van der Waals surface area contributed by atoms with Crippen LogP contribution in [0, 0.1) is 6.92 Å². The van der Waals surface area contributed by atoms with E-state index in [-0.39, 0.29) is 11.9 Å². The topological polar surface area (TPSA) is 92.9 Å². The van der Waals surface area contributed by atoms with Gasteiger partial charge in [-0.3, -0.25) is 4.79 Å². The second-order valence-corrected chi connectivity index (χ2v) is 4.28. The number of aromatic nitrogens is 2. The van der Waals surface area contributed by atoms with Gasteiger partial charge in [-0.15, -0.1) is 0 Å². The van der Waals surface area contributed by atoms with Gasteiger partial charge in [0.15, 0.2) is 0 Å². The zero-order valence-corrected chi connectivity index (χ0v) is 9.86. The lowest BCUT2D eigenvalue weighted by Gasteiger charge is -2.08. The van der Waals surface area contributed by atoms with Crippen LogP contribution in [0.25, 0.3) is 0 Å². The fraction of sp³-hybridized carbons (Fsp3) is 0.545. The maximum Gasteiger partial charge on any atom is 0.221 e. The van der Waals surface area contributed by atoms with Gasteiger partial charge >= 0.3 is 0 Å². The molecule has 0 atom stereocenters. The highest BCUT2D eigenvalue weighted by Gasteiger charge is 2.22. The Labute approximate surface area is 100 Å². The first-order valence-electron chi connectivity index (χ1n) is 5.77. The second kappa shape index (κ2) is 4.99. The van der Waals surface area contributed by atoms with Gasteiger partial charge in [0.25, 0.3) is 0 Å². The molecule has 1 amide bonds. The molecule has 2 rings (SSSR count). The SMILES string of the molecule is Cc1cnc(N)nc1NCCC(=O)NC1CC1. The standard InChI is InChI=1S/C11H17N5O/c1-7-6-14-11(12)16-10(7)13-5-4-9(17)15-8-2-3-8/h6,8H,2-5H2,1H3,(H,15,17)(H3,12,13,14,16). The average Bonchev–Trinajstić information content (AvgIpc) is 3.07. The zero-order chi connectivity index (χ0) is 12.3. The van der Waals surface area contributed by atoms with Gasteiger partial charge in [-0.05, 0) is 19.8 Å². The van der Waals surface area contributed by atoms with Gasteiger partial charge in [-0.1, -0.05) is 0 Å². The van der Waals surface area contributed by atoms with E-state index in [0.717, 1.165) is 18.4 Å². The Morgan fingerprint density at radius 2 is 2.35 bits per heavy atom. The minimum atomic E-state index is 0.0830. The van der Waals surface area contributed by atoms with Crippen LogP contribution < -0.4 is 16.4 Å². The molecule has 17 heavy (non-hydrogen) atoms. The highest BCUT2D eigenvalue weighted by molar-refractivity contribution is 5.77. The number of amides is 1. The highest BCUT2D eigenvalue weighted by atomic mass is 16.1. The number of nitrogens with zero attached hydrogens (tertiary/aromatic N) is 2.